The first kappa shape index (κ1) is 12.9. The highest BCUT2D eigenvalue weighted by Gasteiger charge is 2.12. The summed E-state index contributed by atoms with van der Waals surface area (Å²) < 4.78 is 7.52. The molecule has 1 N–H and O–H groups in total. The van der Waals surface area contributed by atoms with Crippen LogP contribution in [0.15, 0.2) is 41.0 Å². The Kier molecular flexibility index (Phi) is 3.32. The van der Waals surface area contributed by atoms with Crippen molar-refractivity contribution in [3.8, 4) is 11.6 Å². The first-order valence-corrected chi connectivity index (χ1v) is 6.88. The molecule has 1 aromatic carbocycles. The van der Waals surface area contributed by atoms with Crippen LogP contribution in [0.5, 0.6) is 0 Å². The van der Waals surface area contributed by atoms with E-state index in [1.54, 1.807) is 6.26 Å². The number of fused-ring (bicyclic) bond motifs is 1. The average Bonchev–Trinajstić information content (AvgIpc) is 3.05. The Morgan fingerprint density at radius 3 is 2.85 bits per heavy atom. The van der Waals surface area contributed by atoms with E-state index in [2.05, 4.69) is 46.9 Å². The van der Waals surface area contributed by atoms with E-state index in [9.17, 15) is 0 Å². The molecule has 2 heterocycles. The molecule has 20 heavy (non-hydrogen) atoms. The van der Waals surface area contributed by atoms with Crippen molar-refractivity contribution in [1.82, 2.24) is 14.9 Å². The van der Waals surface area contributed by atoms with Crippen molar-refractivity contribution in [1.29, 1.82) is 0 Å². The Balaban J connectivity index is 2.00. The van der Waals surface area contributed by atoms with Gasteiger partial charge in [0.1, 0.15) is 0 Å². The van der Waals surface area contributed by atoms with Gasteiger partial charge in [0.25, 0.3) is 0 Å². The highest BCUT2D eigenvalue weighted by atomic mass is 16.3. The summed E-state index contributed by atoms with van der Waals surface area (Å²) in [5.74, 6) is 1.66. The third kappa shape index (κ3) is 2.34. The van der Waals surface area contributed by atoms with E-state index in [1.807, 2.05) is 19.2 Å². The Hall–Kier alpha value is -2.07. The first-order chi connectivity index (χ1) is 9.65. The zero-order valence-electron chi connectivity index (χ0n) is 12.1. The lowest BCUT2D eigenvalue weighted by Crippen LogP contribution is -2.21. The second-order valence-corrected chi connectivity index (χ2v) is 5.33. The Labute approximate surface area is 118 Å². The minimum atomic E-state index is 0.482. The summed E-state index contributed by atoms with van der Waals surface area (Å²) in [6, 6.07) is 10.7. The standard InChI is InChI=1S/C16H19N3O/c1-11(2)17-10-12-6-7-13-14(9-12)19(3)16(18-13)15-5-4-8-20-15/h4-9,11,17H,10H2,1-3H3. The van der Waals surface area contributed by atoms with Gasteiger partial charge in [-0.2, -0.15) is 0 Å². The maximum absolute atomic E-state index is 5.44. The minimum absolute atomic E-state index is 0.482. The van der Waals surface area contributed by atoms with Crippen molar-refractivity contribution >= 4 is 11.0 Å². The molecular weight excluding hydrogens is 250 g/mol. The maximum Gasteiger partial charge on any atom is 0.176 e. The van der Waals surface area contributed by atoms with Gasteiger partial charge in [-0.1, -0.05) is 19.9 Å². The molecule has 0 atom stereocenters. The van der Waals surface area contributed by atoms with E-state index in [0.29, 0.717) is 6.04 Å². The van der Waals surface area contributed by atoms with Gasteiger partial charge in [-0.05, 0) is 29.8 Å². The zero-order chi connectivity index (χ0) is 14.1. The molecule has 104 valence electrons. The van der Waals surface area contributed by atoms with Gasteiger partial charge in [-0.15, -0.1) is 0 Å². The molecule has 0 aliphatic carbocycles. The lowest BCUT2D eigenvalue weighted by Gasteiger charge is -2.08. The van der Waals surface area contributed by atoms with E-state index in [4.69, 9.17) is 4.42 Å². The quantitative estimate of drug-likeness (QED) is 0.790. The highest BCUT2D eigenvalue weighted by Crippen LogP contribution is 2.24. The van der Waals surface area contributed by atoms with Gasteiger partial charge in [-0.3, -0.25) is 0 Å². The predicted octanol–water partition coefficient (Wildman–Crippen LogP) is 3.33. The fraction of sp³-hybridized carbons (Fsp3) is 0.312. The van der Waals surface area contributed by atoms with Crippen LogP contribution in [0.1, 0.15) is 19.4 Å². The van der Waals surface area contributed by atoms with Crippen LogP contribution in [0.25, 0.3) is 22.6 Å². The smallest absolute Gasteiger partial charge is 0.176 e. The zero-order valence-corrected chi connectivity index (χ0v) is 12.1. The van der Waals surface area contributed by atoms with E-state index in [0.717, 1.165) is 29.2 Å². The van der Waals surface area contributed by atoms with Crippen molar-refractivity contribution < 1.29 is 4.42 Å². The number of hydrogen-bond acceptors (Lipinski definition) is 3. The lowest BCUT2D eigenvalue weighted by atomic mass is 10.2. The molecule has 0 aliphatic rings. The van der Waals surface area contributed by atoms with Crippen LogP contribution in [0.2, 0.25) is 0 Å². The van der Waals surface area contributed by atoms with E-state index < -0.39 is 0 Å². The van der Waals surface area contributed by atoms with Crippen LogP contribution in [0, 0.1) is 0 Å². The monoisotopic (exact) mass is 269 g/mol. The van der Waals surface area contributed by atoms with E-state index >= 15 is 0 Å². The molecule has 2 aromatic heterocycles. The van der Waals surface area contributed by atoms with Crippen LogP contribution in [-0.4, -0.2) is 15.6 Å². The number of nitrogens with zero attached hydrogens (tertiary/aromatic N) is 2. The first-order valence-electron chi connectivity index (χ1n) is 6.88. The van der Waals surface area contributed by atoms with Gasteiger partial charge >= 0.3 is 0 Å². The minimum Gasteiger partial charge on any atom is -0.461 e. The fourth-order valence-electron chi connectivity index (χ4n) is 2.29. The van der Waals surface area contributed by atoms with Crippen LogP contribution in [-0.2, 0) is 13.6 Å². The molecule has 0 amide bonds. The lowest BCUT2D eigenvalue weighted by molar-refractivity contribution is 0.574. The van der Waals surface area contributed by atoms with Crippen molar-refractivity contribution in [2.45, 2.75) is 26.4 Å². The van der Waals surface area contributed by atoms with Gasteiger partial charge in [-0.25, -0.2) is 4.98 Å². The third-order valence-electron chi connectivity index (χ3n) is 3.40. The summed E-state index contributed by atoms with van der Waals surface area (Å²) in [5.41, 5.74) is 3.38. The molecular formula is C16H19N3O. The fourth-order valence-corrected chi connectivity index (χ4v) is 2.29. The molecule has 4 heteroatoms. The van der Waals surface area contributed by atoms with Gasteiger partial charge in [0, 0.05) is 19.6 Å². The van der Waals surface area contributed by atoms with E-state index in [-0.39, 0.29) is 0 Å². The largest absolute Gasteiger partial charge is 0.461 e. The summed E-state index contributed by atoms with van der Waals surface area (Å²) in [4.78, 5) is 4.64. The molecule has 3 aromatic rings. The molecule has 0 unspecified atom stereocenters. The predicted molar refractivity (Wildman–Crippen MR) is 80.4 cm³/mol. The van der Waals surface area contributed by atoms with Crippen LogP contribution >= 0.6 is 0 Å². The van der Waals surface area contributed by atoms with E-state index in [1.165, 1.54) is 5.56 Å². The molecule has 0 fully saturated rings. The highest BCUT2D eigenvalue weighted by molar-refractivity contribution is 5.80. The number of hydrogen-bond donors (Lipinski definition) is 1. The summed E-state index contributed by atoms with van der Waals surface area (Å²) >= 11 is 0. The summed E-state index contributed by atoms with van der Waals surface area (Å²) in [5, 5.41) is 3.43. The number of furan rings is 1. The van der Waals surface area contributed by atoms with Crippen LogP contribution in [0.3, 0.4) is 0 Å². The molecule has 3 rings (SSSR count). The van der Waals surface area contributed by atoms with Crippen molar-refractivity contribution in [2.24, 2.45) is 7.05 Å². The molecule has 0 aliphatic heterocycles. The molecule has 0 bridgehead atoms. The summed E-state index contributed by atoms with van der Waals surface area (Å²) in [7, 11) is 2.02. The van der Waals surface area contributed by atoms with Gasteiger partial charge < -0.3 is 14.3 Å². The second-order valence-electron chi connectivity index (χ2n) is 5.33. The van der Waals surface area contributed by atoms with Crippen molar-refractivity contribution in [3.05, 3.63) is 42.2 Å². The number of benzene rings is 1. The Morgan fingerprint density at radius 2 is 2.15 bits per heavy atom. The summed E-state index contributed by atoms with van der Waals surface area (Å²) in [6.07, 6.45) is 1.67. The summed E-state index contributed by atoms with van der Waals surface area (Å²) in [6.45, 7) is 5.17. The van der Waals surface area contributed by atoms with Gasteiger partial charge in [0.2, 0.25) is 0 Å². The third-order valence-corrected chi connectivity index (χ3v) is 3.40. The number of rotatable bonds is 4. The Morgan fingerprint density at radius 1 is 1.30 bits per heavy atom. The van der Waals surface area contributed by atoms with Crippen LogP contribution < -0.4 is 5.32 Å². The average molecular weight is 269 g/mol. The number of aryl methyl sites for hydroxylation is 1. The Bertz CT molecular complexity index is 711. The molecule has 0 saturated carbocycles. The maximum atomic E-state index is 5.44. The topological polar surface area (TPSA) is 43.0 Å². The van der Waals surface area contributed by atoms with Gasteiger partial charge in [0.15, 0.2) is 11.6 Å². The second kappa shape index (κ2) is 5.13. The SMILES string of the molecule is CC(C)NCc1ccc2nc(-c3ccco3)n(C)c2c1. The molecule has 4 nitrogen and oxygen atoms in total. The number of aromatic nitrogens is 2. The van der Waals surface area contributed by atoms with Crippen molar-refractivity contribution in [3.63, 3.8) is 0 Å². The molecule has 0 spiro atoms. The molecule has 0 saturated heterocycles. The van der Waals surface area contributed by atoms with Crippen LogP contribution in [0.4, 0.5) is 0 Å². The molecule has 0 radical (unpaired) electrons. The number of nitrogens with one attached hydrogen (secondary N) is 1. The number of imidazole rings is 1. The normalized spacial score (nSPS) is 11.6. The van der Waals surface area contributed by atoms with Crippen molar-refractivity contribution in [2.75, 3.05) is 0 Å². The van der Waals surface area contributed by atoms with Gasteiger partial charge in [0.05, 0.1) is 17.3 Å².